The largest absolute Gasteiger partial charge is 0.480 e. The summed E-state index contributed by atoms with van der Waals surface area (Å²) in [6.45, 7) is 4.71. The number of fused-ring (bicyclic) bond motifs is 1. The van der Waals surface area contributed by atoms with Crippen molar-refractivity contribution in [3.8, 4) is 0 Å². The Hall–Kier alpha value is -1.36. The van der Waals surface area contributed by atoms with Crippen LogP contribution in [-0.2, 0) is 17.6 Å². The second kappa shape index (κ2) is 5.44. The minimum absolute atomic E-state index is 0.0286. The topological polar surface area (TPSA) is 57.6 Å². The highest BCUT2D eigenvalue weighted by Gasteiger charge is 2.40. The van der Waals surface area contributed by atoms with Gasteiger partial charge in [-0.3, -0.25) is 4.79 Å². The van der Waals surface area contributed by atoms with Gasteiger partial charge >= 0.3 is 5.97 Å². The summed E-state index contributed by atoms with van der Waals surface area (Å²) in [4.78, 5) is 27.1. The molecule has 2 heterocycles. The molecule has 0 bridgehead atoms. The lowest BCUT2D eigenvalue weighted by molar-refractivity contribution is -0.142. The summed E-state index contributed by atoms with van der Waals surface area (Å²) in [5.74, 6) is -0.261. The van der Waals surface area contributed by atoms with E-state index in [1.54, 1.807) is 16.2 Å². The minimum Gasteiger partial charge on any atom is -0.480 e. The molecule has 1 fully saturated rings. The lowest BCUT2D eigenvalue weighted by Gasteiger charge is -2.25. The molecule has 0 saturated carbocycles. The molecule has 1 aliphatic heterocycles. The fraction of sp³-hybridized carbons (Fsp3) is 0.625. The van der Waals surface area contributed by atoms with E-state index in [2.05, 4.69) is 6.92 Å². The summed E-state index contributed by atoms with van der Waals surface area (Å²) in [5, 5.41) is 11.3. The zero-order valence-corrected chi connectivity index (χ0v) is 13.3. The van der Waals surface area contributed by atoms with Crippen molar-refractivity contribution >= 4 is 23.2 Å². The zero-order valence-electron chi connectivity index (χ0n) is 12.5. The summed E-state index contributed by atoms with van der Waals surface area (Å²) in [7, 11) is 0. The molecule has 1 N–H and O–H groups in total. The average Bonchev–Trinajstić information content (AvgIpc) is 3.00. The molecule has 1 aromatic rings. The van der Waals surface area contributed by atoms with Gasteiger partial charge < -0.3 is 10.0 Å². The van der Waals surface area contributed by atoms with Gasteiger partial charge in [-0.1, -0.05) is 13.8 Å². The van der Waals surface area contributed by atoms with Crippen molar-refractivity contribution in [2.45, 2.75) is 45.6 Å². The van der Waals surface area contributed by atoms with Gasteiger partial charge in [-0.05, 0) is 43.1 Å². The van der Waals surface area contributed by atoms with Crippen LogP contribution in [0.15, 0.2) is 5.38 Å². The van der Waals surface area contributed by atoms with Gasteiger partial charge in [-0.15, -0.1) is 11.3 Å². The maximum Gasteiger partial charge on any atom is 0.326 e. The quantitative estimate of drug-likeness (QED) is 0.914. The maximum absolute atomic E-state index is 12.8. The molecule has 3 unspecified atom stereocenters. The number of likely N-dealkylation sites (tertiary alicyclic amines) is 1. The molecule has 1 aromatic heterocycles. The monoisotopic (exact) mass is 307 g/mol. The van der Waals surface area contributed by atoms with Crippen LogP contribution in [0.5, 0.6) is 0 Å². The van der Waals surface area contributed by atoms with Gasteiger partial charge in [0.25, 0.3) is 5.91 Å². The number of carboxylic acids is 1. The number of hydrogen-bond donors (Lipinski definition) is 1. The van der Waals surface area contributed by atoms with Crippen molar-refractivity contribution in [3.63, 3.8) is 0 Å². The van der Waals surface area contributed by atoms with E-state index in [0.717, 1.165) is 31.2 Å². The Kier molecular flexibility index (Phi) is 3.78. The minimum atomic E-state index is -0.883. The number of nitrogens with zero attached hydrogens (tertiary/aromatic N) is 1. The highest BCUT2D eigenvalue weighted by Crippen LogP contribution is 2.35. The van der Waals surface area contributed by atoms with E-state index in [1.165, 1.54) is 10.4 Å². The lowest BCUT2D eigenvalue weighted by Crippen LogP contribution is -2.43. The Morgan fingerprint density at radius 2 is 2.10 bits per heavy atom. The normalized spacial score (nSPS) is 28.5. The third kappa shape index (κ3) is 2.48. The number of rotatable bonds is 2. The van der Waals surface area contributed by atoms with Crippen LogP contribution in [0, 0.1) is 11.8 Å². The van der Waals surface area contributed by atoms with E-state index in [9.17, 15) is 14.7 Å². The Bertz CT molecular complexity index is 580. The fourth-order valence-corrected chi connectivity index (χ4v) is 4.80. The molecular formula is C16H21NO3S. The molecule has 1 amide bonds. The highest BCUT2D eigenvalue weighted by molar-refractivity contribution is 7.10. The predicted molar refractivity (Wildman–Crippen MR) is 81.7 cm³/mol. The molecule has 21 heavy (non-hydrogen) atoms. The first kappa shape index (κ1) is 14.6. The van der Waals surface area contributed by atoms with Gasteiger partial charge in [0.15, 0.2) is 0 Å². The SMILES string of the molecule is CC1CCc2c(C(=O)N3CCC(C)C3C(=O)O)csc2C1. The second-order valence-corrected chi connectivity index (χ2v) is 7.41. The Balaban J connectivity index is 1.88. The lowest BCUT2D eigenvalue weighted by atomic mass is 9.88. The summed E-state index contributed by atoms with van der Waals surface area (Å²) in [6, 6.07) is -0.671. The van der Waals surface area contributed by atoms with E-state index in [4.69, 9.17) is 0 Å². The van der Waals surface area contributed by atoms with Crippen molar-refractivity contribution in [3.05, 3.63) is 21.4 Å². The standard InChI is InChI=1S/C16H21NO3S/c1-9-3-4-11-12(8-21-13(11)7-9)15(18)17-6-5-10(2)14(17)16(19)20/h8-10,14H,3-7H2,1-2H3,(H,19,20). The number of amides is 1. The summed E-state index contributed by atoms with van der Waals surface area (Å²) in [6.07, 6.45) is 3.88. The Morgan fingerprint density at radius 3 is 2.81 bits per heavy atom. The second-order valence-electron chi connectivity index (χ2n) is 6.45. The number of carbonyl (C=O) groups excluding carboxylic acids is 1. The molecular weight excluding hydrogens is 286 g/mol. The van der Waals surface area contributed by atoms with Crippen LogP contribution in [0.1, 0.15) is 47.5 Å². The van der Waals surface area contributed by atoms with E-state index in [0.29, 0.717) is 12.5 Å². The van der Waals surface area contributed by atoms with Crippen LogP contribution in [0.4, 0.5) is 0 Å². The van der Waals surface area contributed by atoms with E-state index in [1.807, 2.05) is 12.3 Å². The Labute approximate surface area is 128 Å². The van der Waals surface area contributed by atoms with Gasteiger partial charge in [0.05, 0.1) is 5.56 Å². The fourth-order valence-electron chi connectivity index (χ4n) is 3.56. The van der Waals surface area contributed by atoms with Crippen LogP contribution in [0.3, 0.4) is 0 Å². The Morgan fingerprint density at radius 1 is 1.33 bits per heavy atom. The van der Waals surface area contributed by atoms with Crippen LogP contribution < -0.4 is 0 Å². The summed E-state index contributed by atoms with van der Waals surface area (Å²) < 4.78 is 0. The number of carbonyl (C=O) groups is 2. The van der Waals surface area contributed by atoms with Crippen LogP contribution in [0.25, 0.3) is 0 Å². The van der Waals surface area contributed by atoms with Gasteiger partial charge in [-0.25, -0.2) is 4.79 Å². The molecule has 0 spiro atoms. The number of aliphatic carboxylic acids is 1. The molecule has 1 aliphatic carbocycles. The molecule has 0 radical (unpaired) electrons. The first-order valence-electron chi connectivity index (χ1n) is 7.62. The predicted octanol–water partition coefficient (Wildman–Crippen LogP) is 2.81. The van der Waals surface area contributed by atoms with Gasteiger partial charge in [0.1, 0.15) is 6.04 Å². The molecule has 114 valence electrons. The molecule has 4 nitrogen and oxygen atoms in total. The summed E-state index contributed by atoms with van der Waals surface area (Å²) in [5.41, 5.74) is 1.93. The van der Waals surface area contributed by atoms with Crippen molar-refractivity contribution in [2.75, 3.05) is 6.54 Å². The van der Waals surface area contributed by atoms with E-state index >= 15 is 0 Å². The third-order valence-corrected chi connectivity index (χ3v) is 5.90. The van der Waals surface area contributed by atoms with E-state index < -0.39 is 12.0 Å². The average molecular weight is 307 g/mol. The van der Waals surface area contributed by atoms with Crippen LogP contribution >= 0.6 is 11.3 Å². The first-order valence-corrected chi connectivity index (χ1v) is 8.50. The maximum atomic E-state index is 12.8. The van der Waals surface area contributed by atoms with Gasteiger partial charge in [0, 0.05) is 16.8 Å². The van der Waals surface area contributed by atoms with Crippen molar-refractivity contribution in [1.29, 1.82) is 0 Å². The molecule has 2 aliphatic rings. The van der Waals surface area contributed by atoms with Crippen molar-refractivity contribution in [1.82, 2.24) is 4.90 Å². The molecule has 0 aromatic carbocycles. The van der Waals surface area contributed by atoms with Crippen LogP contribution in [0.2, 0.25) is 0 Å². The first-order chi connectivity index (χ1) is 9.99. The zero-order chi connectivity index (χ0) is 15.1. The van der Waals surface area contributed by atoms with Crippen LogP contribution in [-0.4, -0.2) is 34.5 Å². The van der Waals surface area contributed by atoms with E-state index in [-0.39, 0.29) is 11.8 Å². The van der Waals surface area contributed by atoms with Crippen molar-refractivity contribution in [2.24, 2.45) is 11.8 Å². The number of hydrogen-bond acceptors (Lipinski definition) is 3. The molecule has 3 atom stereocenters. The molecule has 1 saturated heterocycles. The van der Waals surface area contributed by atoms with Gasteiger partial charge in [0.2, 0.25) is 0 Å². The number of carboxylic acid groups (broad SMARTS) is 1. The molecule has 3 rings (SSSR count). The smallest absolute Gasteiger partial charge is 0.326 e. The molecule has 5 heteroatoms. The highest BCUT2D eigenvalue weighted by atomic mass is 32.1. The third-order valence-electron chi connectivity index (χ3n) is 4.85. The number of thiophene rings is 1. The van der Waals surface area contributed by atoms with Gasteiger partial charge in [-0.2, -0.15) is 0 Å². The summed E-state index contributed by atoms with van der Waals surface area (Å²) >= 11 is 1.66. The van der Waals surface area contributed by atoms with Crippen molar-refractivity contribution < 1.29 is 14.7 Å².